The van der Waals surface area contributed by atoms with Gasteiger partial charge in [-0.15, -0.1) is 0 Å². The molecule has 0 aromatic carbocycles. The van der Waals surface area contributed by atoms with Crippen LogP contribution < -0.4 is 21.7 Å². The van der Waals surface area contributed by atoms with Gasteiger partial charge in [-0.1, -0.05) is 12.8 Å². The molecule has 1 saturated heterocycles. The van der Waals surface area contributed by atoms with Crippen molar-refractivity contribution in [3.05, 3.63) is 6.33 Å². The number of amides is 2. The molecule has 0 spiro atoms. The van der Waals surface area contributed by atoms with Crippen molar-refractivity contribution < 1.29 is 4.79 Å². The van der Waals surface area contributed by atoms with Crippen molar-refractivity contribution in [1.29, 1.82) is 0 Å². The fourth-order valence-electron chi connectivity index (χ4n) is 5.80. The Morgan fingerprint density at radius 3 is 2.28 bits per heavy atom. The van der Waals surface area contributed by atoms with E-state index in [1.807, 2.05) is 32.0 Å². The lowest BCUT2D eigenvalue weighted by molar-refractivity contribution is 0.175. The Hall–Kier alpha value is -2.62. The van der Waals surface area contributed by atoms with E-state index in [1.54, 1.807) is 0 Å². The van der Waals surface area contributed by atoms with Crippen LogP contribution in [0.25, 0.3) is 11.2 Å². The summed E-state index contributed by atoms with van der Waals surface area (Å²) in [5, 5.41) is 10.4. The van der Waals surface area contributed by atoms with E-state index in [-0.39, 0.29) is 17.6 Å². The van der Waals surface area contributed by atoms with E-state index < -0.39 is 0 Å². The van der Waals surface area contributed by atoms with Gasteiger partial charge in [-0.2, -0.15) is 9.97 Å². The average molecular weight is 498 g/mol. The molecule has 3 aliphatic rings. The summed E-state index contributed by atoms with van der Waals surface area (Å²) < 4.78 is 2.26. The first kappa shape index (κ1) is 25.0. The number of nitrogens with two attached hydrogens (primary N) is 1. The normalized spacial score (nSPS) is 24.3. The lowest BCUT2D eigenvalue weighted by atomic mass is 9.92. The zero-order valence-corrected chi connectivity index (χ0v) is 22.1. The number of nitrogens with zero attached hydrogens (tertiary/aromatic N) is 5. The van der Waals surface area contributed by atoms with Crippen LogP contribution in [-0.4, -0.2) is 67.2 Å². The SMILES string of the molecule is CC(C)(C)NC(=O)N1CCC(Nc2nc(NC3CCC(N)CC3)nc3c2ncn3C2CCCC2)CC1. The Balaban J connectivity index is 1.33. The van der Waals surface area contributed by atoms with Gasteiger partial charge in [-0.25, -0.2) is 9.78 Å². The van der Waals surface area contributed by atoms with E-state index in [2.05, 4.69) is 20.5 Å². The third kappa shape index (κ3) is 5.85. The fourth-order valence-corrected chi connectivity index (χ4v) is 5.80. The van der Waals surface area contributed by atoms with Gasteiger partial charge in [-0.3, -0.25) is 0 Å². The van der Waals surface area contributed by atoms with E-state index in [0.717, 1.165) is 68.6 Å². The maximum atomic E-state index is 12.6. The molecular formula is C26H43N9O. The number of piperidine rings is 1. The van der Waals surface area contributed by atoms with Gasteiger partial charge < -0.3 is 31.2 Å². The molecule has 2 aromatic heterocycles. The van der Waals surface area contributed by atoms with Crippen LogP contribution in [0.1, 0.15) is 91.0 Å². The average Bonchev–Trinajstić information content (AvgIpc) is 3.50. The Kier molecular flexibility index (Phi) is 7.23. The number of rotatable bonds is 5. The zero-order chi connectivity index (χ0) is 25.3. The number of fused-ring (bicyclic) bond motifs is 1. The van der Waals surface area contributed by atoms with Gasteiger partial charge >= 0.3 is 6.03 Å². The molecule has 2 saturated carbocycles. The van der Waals surface area contributed by atoms with E-state index in [9.17, 15) is 4.79 Å². The minimum absolute atomic E-state index is 0.0133. The highest BCUT2D eigenvalue weighted by atomic mass is 16.2. The molecule has 0 radical (unpaired) electrons. The van der Waals surface area contributed by atoms with E-state index in [4.69, 9.17) is 20.7 Å². The second-order valence-electron chi connectivity index (χ2n) is 12.0. The van der Waals surface area contributed by atoms with Crippen molar-refractivity contribution in [2.45, 2.75) is 115 Å². The van der Waals surface area contributed by atoms with Crippen molar-refractivity contribution >= 4 is 29.0 Å². The van der Waals surface area contributed by atoms with Crippen LogP contribution in [0.5, 0.6) is 0 Å². The Labute approximate surface area is 214 Å². The molecule has 0 unspecified atom stereocenters. The van der Waals surface area contributed by atoms with Gasteiger partial charge in [0, 0.05) is 42.8 Å². The summed E-state index contributed by atoms with van der Waals surface area (Å²) >= 11 is 0. The number of imidazole rings is 1. The molecule has 2 aliphatic carbocycles. The molecule has 3 fully saturated rings. The van der Waals surface area contributed by atoms with Crippen LogP contribution in [-0.2, 0) is 0 Å². The molecule has 0 bridgehead atoms. The molecule has 10 heteroatoms. The Morgan fingerprint density at radius 2 is 1.61 bits per heavy atom. The fraction of sp³-hybridized carbons (Fsp3) is 0.769. The summed E-state index contributed by atoms with van der Waals surface area (Å²) in [4.78, 5) is 29.1. The topological polar surface area (TPSA) is 126 Å². The summed E-state index contributed by atoms with van der Waals surface area (Å²) in [6, 6.07) is 1.37. The number of aromatic nitrogens is 4. The number of carbonyl (C=O) groups excluding carboxylic acids is 1. The zero-order valence-electron chi connectivity index (χ0n) is 22.1. The van der Waals surface area contributed by atoms with Crippen LogP contribution in [0.15, 0.2) is 6.33 Å². The smallest absolute Gasteiger partial charge is 0.317 e. The molecule has 5 N–H and O–H groups in total. The molecule has 36 heavy (non-hydrogen) atoms. The summed E-state index contributed by atoms with van der Waals surface area (Å²) in [6.07, 6.45) is 12.7. The number of anilines is 2. The van der Waals surface area contributed by atoms with Crippen LogP contribution in [0.3, 0.4) is 0 Å². The number of hydrogen-bond donors (Lipinski definition) is 4. The lowest BCUT2D eigenvalue weighted by Crippen LogP contribution is -2.51. The number of nitrogens with one attached hydrogen (secondary N) is 3. The van der Waals surface area contributed by atoms with Crippen molar-refractivity contribution in [3.8, 4) is 0 Å². The van der Waals surface area contributed by atoms with E-state index in [0.29, 0.717) is 24.1 Å². The van der Waals surface area contributed by atoms with Crippen molar-refractivity contribution in [2.75, 3.05) is 23.7 Å². The molecular weight excluding hydrogens is 454 g/mol. The minimum atomic E-state index is -0.232. The number of hydrogen-bond acceptors (Lipinski definition) is 7. The van der Waals surface area contributed by atoms with E-state index in [1.165, 1.54) is 25.7 Å². The van der Waals surface area contributed by atoms with Crippen LogP contribution >= 0.6 is 0 Å². The molecule has 5 rings (SSSR count). The molecule has 2 aromatic rings. The van der Waals surface area contributed by atoms with Gasteiger partial charge in [0.2, 0.25) is 5.95 Å². The predicted octanol–water partition coefficient (Wildman–Crippen LogP) is 4.01. The maximum absolute atomic E-state index is 12.6. The van der Waals surface area contributed by atoms with Gasteiger partial charge in [0.05, 0.1) is 6.33 Å². The molecule has 10 nitrogen and oxygen atoms in total. The lowest BCUT2D eigenvalue weighted by Gasteiger charge is -2.34. The molecule has 1 aliphatic heterocycles. The molecule has 3 heterocycles. The summed E-state index contributed by atoms with van der Waals surface area (Å²) in [5.41, 5.74) is 7.64. The quantitative estimate of drug-likeness (QED) is 0.492. The second kappa shape index (κ2) is 10.4. The third-order valence-corrected chi connectivity index (χ3v) is 7.85. The van der Waals surface area contributed by atoms with Crippen LogP contribution in [0.2, 0.25) is 0 Å². The molecule has 2 amide bonds. The summed E-state index contributed by atoms with van der Waals surface area (Å²) in [7, 11) is 0. The van der Waals surface area contributed by atoms with Crippen LogP contribution in [0, 0.1) is 0 Å². The first-order valence-electron chi connectivity index (χ1n) is 13.9. The predicted molar refractivity (Wildman–Crippen MR) is 143 cm³/mol. The van der Waals surface area contributed by atoms with Gasteiger partial charge in [0.1, 0.15) is 0 Å². The minimum Gasteiger partial charge on any atom is -0.365 e. The molecule has 198 valence electrons. The summed E-state index contributed by atoms with van der Waals surface area (Å²) in [5.74, 6) is 1.47. The van der Waals surface area contributed by atoms with Gasteiger partial charge in [-0.05, 0) is 72.1 Å². The number of likely N-dealkylation sites (tertiary alicyclic amines) is 1. The Morgan fingerprint density at radius 1 is 0.944 bits per heavy atom. The Bertz CT molecular complexity index is 1040. The number of carbonyl (C=O) groups is 1. The summed E-state index contributed by atoms with van der Waals surface area (Å²) in [6.45, 7) is 7.47. The highest BCUT2D eigenvalue weighted by molar-refractivity contribution is 5.84. The molecule has 0 atom stereocenters. The monoisotopic (exact) mass is 497 g/mol. The van der Waals surface area contributed by atoms with Gasteiger partial charge in [0.25, 0.3) is 0 Å². The first-order valence-corrected chi connectivity index (χ1v) is 13.9. The largest absolute Gasteiger partial charge is 0.365 e. The highest BCUT2D eigenvalue weighted by Crippen LogP contribution is 2.34. The van der Waals surface area contributed by atoms with Crippen molar-refractivity contribution in [2.24, 2.45) is 5.73 Å². The third-order valence-electron chi connectivity index (χ3n) is 7.85. The van der Waals surface area contributed by atoms with Gasteiger partial charge in [0.15, 0.2) is 17.0 Å². The van der Waals surface area contributed by atoms with Crippen molar-refractivity contribution in [3.63, 3.8) is 0 Å². The highest BCUT2D eigenvalue weighted by Gasteiger charge is 2.28. The van der Waals surface area contributed by atoms with E-state index >= 15 is 0 Å². The standard InChI is InChI=1S/C26H43N9O/c1-26(2,3)33-25(36)34-14-12-19(13-15-34)29-22-21-23(35(16-28-21)20-6-4-5-7-20)32-24(31-22)30-18-10-8-17(27)9-11-18/h16-20H,4-15,27H2,1-3H3,(H,33,36)(H2,29,30,31,32). The van der Waals surface area contributed by atoms with Crippen LogP contribution in [0.4, 0.5) is 16.6 Å². The maximum Gasteiger partial charge on any atom is 0.317 e. The first-order chi connectivity index (χ1) is 17.2. The van der Waals surface area contributed by atoms with Crippen molar-refractivity contribution in [1.82, 2.24) is 29.7 Å². The number of urea groups is 1. The second-order valence-corrected chi connectivity index (χ2v) is 12.0.